The summed E-state index contributed by atoms with van der Waals surface area (Å²) in [7, 11) is 0. The number of aryl methyl sites for hydroxylation is 1. The van der Waals surface area contributed by atoms with Crippen molar-refractivity contribution in [2.75, 3.05) is 26.4 Å². The SMILES string of the molecule is CC(=O)N[C@H]1[C@@H](O[C@H]2[C@H](O)[C@@H](O)[C@H](O[C@H]3[C@@H](O)[C@@H](CO)O[C@@H](O[C@H]4[C@@H](O)[C@@H](CO)O[C@@H](O[C@@H]5CO[C@@H](Oc6ccc7c(C)cc(=O)oc7c6)[C@H](O)[C@H]5O)[C@@H]4O)[C@@H]3O)O[C@@H]2C(=O)O)O[C@H](CO)[C@H](O)[C@@H]1O. The third-order valence-electron chi connectivity index (χ3n) is 12.5. The van der Waals surface area contributed by atoms with Crippen molar-refractivity contribution in [1.82, 2.24) is 5.32 Å². The van der Waals surface area contributed by atoms with Crippen LogP contribution in [0.25, 0.3) is 11.0 Å². The lowest BCUT2D eigenvalue weighted by molar-refractivity contribution is -0.388. The lowest BCUT2D eigenvalue weighted by atomic mass is 9.94. The standard InChI is InChI=1S/C41H57NO28/c1-11-5-20(47)62-15-6-13(3-4-14(11)15)61-38-28(54)23(49)19(10-60-38)66-40-30(56)32(24(50)17(8-44)64-40)68-41-31(57)33(25(51)18(9-45)65-41)67-39-29(55)27(53)34(35(70-39)36(58)59)69-37-21(42-12(2)46)26(52)22(48)16(7-43)63-37/h3-6,16-19,21-35,37-41,43-45,48-57H,7-10H2,1-2H3,(H,42,46)(H,58,59)/t16-,17-,18-,19-,21-,22+,23+,24+,25+,26-,27-,28-,29-,30-,31-,32+,33+,34+,35+,37-,38+,39-,40+,41+/m1/s1. The van der Waals surface area contributed by atoms with Crippen LogP contribution < -0.4 is 15.7 Å². The Labute approximate surface area is 394 Å². The van der Waals surface area contributed by atoms with Gasteiger partial charge in [-0.05, 0) is 24.6 Å². The first-order chi connectivity index (χ1) is 33.2. The Hall–Kier alpha value is -3.71. The van der Waals surface area contributed by atoms with Gasteiger partial charge in [0.05, 0.1) is 26.4 Å². The minimum absolute atomic E-state index is 0.0913. The van der Waals surface area contributed by atoms with Crippen LogP contribution in [0, 0.1) is 6.92 Å². The zero-order valence-electron chi connectivity index (χ0n) is 37.0. The highest BCUT2D eigenvalue weighted by molar-refractivity contribution is 5.81. The number of carboxylic acids is 1. The predicted octanol–water partition coefficient (Wildman–Crippen LogP) is -8.55. The van der Waals surface area contributed by atoms with Gasteiger partial charge in [0, 0.05) is 24.4 Å². The van der Waals surface area contributed by atoms with Crippen LogP contribution in [0.15, 0.2) is 33.5 Å². The van der Waals surface area contributed by atoms with Gasteiger partial charge in [-0.3, -0.25) is 4.79 Å². The monoisotopic (exact) mass is 1010 g/mol. The lowest BCUT2D eigenvalue weighted by Gasteiger charge is -2.49. The summed E-state index contributed by atoms with van der Waals surface area (Å²) in [4.78, 5) is 36.3. The average molecular weight is 1010 g/mol. The fourth-order valence-corrected chi connectivity index (χ4v) is 8.68. The fraction of sp³-hybridized carbons (Fsp3) is 0.732. The molecule has 0 aliphatic carbocycles. The second-order valence-corrected chi connectivity index (χ2v) is 17.3. The molecular formula is C41H57NO28. The summed E-state index contributed by atoms with van der Waals surface area (Å²) >= 11 is 0. The number of hydrogen-bond donors (Lipinski definition) is 15. The molecule has 1 aromatic carbocycles. The van der Waals surface area contributed by atoms with Crippen molar-refractivity contribution in [2.45, 2.75) is 161 Å². The summed E-state index contributed by atoms with van der Waals surface area (Å²) in [5, 5.41) is 154. The molecule has 0 saturated carbocycles. The molecule has 5 fully saturated rings. The maximum absolute atomic E-state index is 12.5. The predicted molar refractivity (Wildman–Crippen MR) is 218 cm³/mol. The van der Waals surface area contributed by atoms with E-state index < -0.39 is 191 Å². The Balaban J connectivity index is 1.02. The number of carboxylic acid groups (broad SMARTS) is 1. The lowest BCUT2D eigenvalue weighted by Crippen LogP contribution is -2.69. The largest absolute Gasteiger partial charge is 0.479 e. The van der Waals surface area contributed by atoms with Crippen molar-refractivity contribution in [3.63, 3.8) is 0 Å². The highest BCUT2D eigenvalue weighted by Crippen LogP contribution is 2.36. The zero-order valence-corrected chi connectivity index (χ0v) is 37.0. The van der Waals surface area contributed by atoms with E-state index >= 15 is 0 Å². The smallest absolute Gasteiger partial charge is 0.336 e. The van der Waals surface area contributed by atoms with Gasteiger partial charge in [0.15, 0.2) is 31.3 Å². The molecule has 1 amide bonds. The number of aliphatic hydroxyl groups excluding tert-OH is 13. The molecule has 0 unspecified atom stereocenters. The molecule has 70 heavy (non-hydrogen) atoms. The van der Waals surface area contributed by atoms with Crippen molar-refractivity contribution in [1.29, 1.82) is 0 Å². The summed E-state index contributed by atoms with van der Waals surface area (Å²) in [6.07, 6.45) is -44.7. The normalized spacial score (nSPS) is 43.6. The Morgan fingerprint density at radius 3 is 1.71 bits per heavy atom. The number of aliphatic carboxylic acids is 1. The molecular weight excluding hydrogens is 954 g/mol. The Morgan fingerprint density at radius 2 is 1.14 bits per heavy atom. The van der Waals surface area contributed by atoms with Crippen LogP contribution in [0.1, 0.15) is 12.5 Å². The molecule has 29 nitrogen and oxygen atoms in total. The Bertz CT molecular complexity index is 2150. The van der Waals surface area contributed by atoms with Gasteiger partial charge in [-0.2, -0.15) is 0 Å². The molecule has 5 aliphatic rings. The summed E-state index contributed by atoms with van der Waals surface area (Å²) in [5.74, 6) is -2.54. The van der Waals surface area contributed by atoms with Crippen LogP contribution >= 0.6 is 0 Å². The quantitative estimate of drug-likeness (QED) is 0.0737. The number of benzene rings is 1. The van der Waals surface area contributed by atoms with Crippen molar-refractivity contribution < 1.29 is 133 Å². The Kier molecular flexibility index (Phi) is 17.5. The molecule has 7 rings (SSSR count). The molecule has 6 heterocycles. The van der Waals surface area contributed by atoms with E-state index in [0.717, 1.165) is 6.92 Å². The summed E-state index contributed by atoms with van der Waals surface area (Å²) in [6, 6.07) is 4.16. The van der Waals surface area contributed by atoms with Gasteiger partial charge >= 0.3 is 11.6 Å². The van der Waals surface area contributed by atoms with Gasteiger partial charge in [0.1, 0.15) is 121 Å². The number of carbonyl (C=O) groups is 2. The van der Waals surface area contributed by atoms with Crippen LogP contribution in [0.2, 0.25) is 0 Å². The number of fused-ring (bicyclic) bond motifs is 1. The van der Waals surface area contributed by atoms with Crippen molar-refractivity contribution >= 4 is 22.8 Å². The number of hydrogen-bond acceptors (Lipinski definition) is 27. The van der Waals surface area contributed by atoms with Crippen molar-refractivity contribution in [2.24, 2.45) is 0 Å². The van der Waals surface area contributed by atoms with Gasteiger partial charge in [0.25, 0.3) is 0 Å². The second kappa shape index (κ2) is 22.6. The first kappa shape index (κ1) is 54.1. The van der Waals surface area contributed by atoms with Gasteiger partial charge in [-0.25, -0.2) is 9.59 Å². The first-order valence-corrected chi connectivity index (χ1v) is 21.9. The molecule has 29 heteroatoms. The number of aliphatic hydroxyl groups is 13. The molecule has 15 N–H and O–H groups in total. The number of nitrogens with one attached hydrogen (secondary N) is 1. The molecule has 5 saturated heterocycles. The second-order valence-electron chi connectivity index (χ2n) is 17.3. The third-order valence-corrected chi connectivity index (χ3v) is 12.5. The van der Waals surface area contributed by atoms with Gasteiger partial charge in [0.2, 0.25) is 12.2 Å². The van der Waals surface area contributed by atoms with E-state index in [2.05, 4.69) is 5.32 Å². The highest BCUT2D eigenvalue weighted by atomic mass is 16.8. The van der Waals surface area contributed by atoms with Gasteiger partial charge in [-0.15, -0.1) is 0 Å². The molecule has 2 aromatic rings. The number of carbonyl (C=O) groups excluding carboxylic acids is 1. The molecule has 1 aromatic heterocycles. The molecule has 0 radical (unpaired) electrons. The van der Waals surface area contributed by atoms with Crippen LogP contribution in [0.4, 0.5) is 0 Å². The van der Waals surface area contributed by atoms with E-state index in [1.165, 1.54) is 18.2 Å². The summed E-state index contributed by atoms with van der Waals surface area (Å²) < 4.78 is 61.3. The average Bonchev–Trinajstić information content (AvgIpc) is 3.31. The summed E-state index contributed by atoms with van der Waals surface area (Å²) in [5.41, 5.74) is 0.202. The van der Waals surface area contributed by atoms with Gasteiger partial charge < -0.3 is 129 Å². The van der Waals surface area contributed by atoms with E-state index in [1.807, 2.05) is 0 Å². The minimum Gasteiger partial charge on any atom is -0.479 e. The van der Waals surface area contributed by atoms with Crippen LogP contribution in [0.3, 0.4) is 0 Å². The fourth-order valence-electron chi connectivity index (χ4n) is 8.68. The molecule has 24 atom stereocenters. The van der Waals surface area contributed by atoms with E-state index in [4.69, 9.17) is 51.8 Å². The first-order valence-electron chi connectivity index (χ1n) is 21.9. The molecule has 5 aliphatic heterocycles. The summed E-state index contributed by atoms with van der Waals surface area (Å²) in [6.45, 7) is -0.656. The number of amides is 1. The molecule has 394 valence electrons. The molecule has 0 spiro atoms. The van der Waals surface area contributed by atoms with E-state index in [-0.39, 0.29) is 11.3 Å². The number of ether oxygens (including phenoxy) is 10. The number of rotatable bonds is 15. The Morgan fingerprint density at radius 1 is 0.614 bits per heavy atom. The third kappa shape index (κ3) is 11.1. The topological polar surface area (TPSA) is 452 Å². The van der Waals surface area contributed by atoms with Crippen LogP contribution in [0.5, 0.6) is 5.75 Å². The molecule has 0 bridgehead atoms. The highest BCUT2D eigenvalue weighted by Gasteiger charge is 2.57. The van der Waals surface area contributed by atoms with Crippen LogP contribution in [-0.2, 0) is 52.2 Å². The minimum atomic E-state index is -2.31. The van der Waals surface area contributed by atoms with Gasteiger partial charge in [-0.1, -0.05) is 0 Å². The van der Waals surface area contributed by atoms with E-state index in [9.17, 15) is 85.9 Å². The van der Waals surface area contributed by atoms with Crippen molar-refractivity contribution in [3.05, 3.63) is 40.2 Å². The van der Waals surface area contributed by atoms with Crippen LogP contribution in [-0.4, -0.2) is 257 Å². The van der Waals surface area contributed by atoms with E-state index in [1.54, 1.807) is 13.0 Å². The maximum Gasteiger partial charge on any atom is 0.336 e. The van der Waals surface area contributed by atoms with E-state index in [0.29, 0.717) is 10.9 Å². The zero-order chi connectivity index (χ0) is 51.0. The maximum atomic E-state index is 12.5. The van der Waals surface area contributed by atoms with Crippen molar-refractivity contribution in [3.8, 4) is 5.75 Å².